The first-order valence-electron chi connectivity index (χ1n) is 5.85. The molecule has 1 atom stereocenters. The summed E-state index contributed by atoms with van der Waals surface area (Å²) >= 11 is 3.02. The van der Waals surface area contributed by atoms with E-state index in [0.717, 1.165) is 0 Å². The number of nitrogens with one attached hydrogen (secondary N) is 2. The van der Waals surface area contributed by atoms with Gasteiger partial charge in [0.15, 0.2) is 0 Å². The zero-order valence-electron chi connectivity index (χ0n) is 11.4. The first-order valence-corrected chi connectivity index (χ1v) is 8.25. The molecule has 21 heavy (non-hydrogen) atoms. The van der Waals surface area contributed by atoms with Crippen molar-refractivity contribution in [3.8, 4) is 0 Å². The molecule has 1 rings (SSSR count). The van der Waals surface area contributed by atoms with Crippen LogP contribution in [0, 0.1) is 0 Å². The molecule has 116 valence electrons. The number of sulfonamides is 1. The number of methoxy groups -OCH3 is 1. The van der Waals surface area contributed by atoms with Gasteiger partial charge in [0.2, 0.25) is 15.9 Å². The van der Waals surface area contributed by atoms with Gasteiger partial charge in [0.1, 0.15) is 4.83 Å². The van der Waals surface area contributed by atoms with E-state index in [4.69, 9.17) is 0 Å². The summed E-state index contributed by atoms with van der Waals surface area (Å²) in [6.45, 7) is 1.22. The minimum atomic E-state index is -3.74. The standard InChI is InChI=1S/C12H15BrN2O5S/c1-8(16)15-9-3-5-10(6-4-9)21(18,19)14-7-11(13)12(17)20-2/h3-6,11,14H,7H2,1-2H3,(H,15,16). The number of ether oxygens (including phenoxy) is 1. The fraction of sp³-hybridized carbons (Fsp3) is 0.333. The maximum absolute atomic E-state index is 12.0. The van der Waals surface area contributed by atoms with E-state index in [0.29, 0.717) is 5.69 Å². The van der Waals surface area contributed by atoms with E-state index in [9.17, 15) is 18.0 Å². The van der Waals surface area contributed by atoms with Crippen molar-refractivity contribution in [3.05, 3.63) is 24.3 Å². The number of benzene rings is 1. The Morgan fingerprint density at radius 2 is 1.86 bits per heavy atom. The molecule has 0 saturated heterocycles. The summed E-state index contributed by atoms with van der Waals surface area (Å²) < 4.78 is 30.8. The van der Waals surface area contributed by atoms with Crippen LogP contribution in [0.15, 0.2) is 29.2 Å². The number of rotatable bonds is 6. The molecular formula is C12H15BrN2O5S. The van der Waals surface area contributed by atoms with Crippen molar-refractivity contribution in [1.29, 1.82) is 0 Å². The Morgan fingerprint density at radius 1 is 1.29 bits per heavy atom. The quantitative estimate of drug-likeness (QED) is 0.564. The Labute approximate surface area is 131 Å². The van der Waals surface area contributed by atoms with Gasteiger partial charge in [0, 0.05) is 19.2 Å². The second-order valence-electron chi connectivity index (χ2n) is 4.05. The second-order valence-corrected chi connectivity index (χ2v) is 6.92. The van der Waals surface area contributed by atoms with Crippen LogP contribution in [0.4, 0.5) is 5.69 Å². The number of alkyl halides is 1. The second kappa shape index (κ2) is 7.53. The minimum Gasteiger partial charge on any atom is -0.468 e. The van der Waals surface area contributed by atoms with E-state index >= 15 is 0 Å². The topological polar surface area (TPSA) is 102 Å². The van der Waals surface area contributed by atoms with Gasteiger partial charge in [-0.2, -0.15) is 0 Å². The summed E-state index contributed by atoms with van der Waals surface area (Å²) in [6.07, 6.45) is 0. The molecule has 0 radical (unpaired) electrons. The molecule has 0 aliphatic heterocycles. The Morgan fingerprint density at radius 3 is 2.33 bits per heavy atom. The average Bonchev–Trinajstić information content (AvgIpc) is 2.44. The molecule has 0 heterocycles. The first-order chi connectivity index (χ1) is 9.76. The molecule has 2 N–H and O–H groups in total. The van der Waals surface area contributed by atoms with Crippen molar-refractivity contribution in [2.45, 2.75) is 16.6 Å². The summed E-state index contributed by atoms with van der Waals surface area (Å²) in [5.74, 6) is -0.817. The van der Waals surface area contributed by atoms with Crippen molar-refractivity contribution < 1.29 is 22.7 Å². The Hall–Kier alpha value is -1.45. The SMILES string of the molecule is COC(=O)C(Br)CNS(=O)(=O)c1ccc(NC(C)=O)cc1. The molecule has 1 unspecified atom stereocenters. The van der Waals surface area contributed by atoms with E-state index in [2.05, 4.69) is 30.7 Å². The molecule has 9 heteroatoms. The molecule has 0 saturated carbocycles. The third kappa shape index (κ3) is 5.44. The largest absolute Gasteiger partial charge is 0.468 e. The van der Waals surface area contributed by atoms with E-state index in [1.165, 1.54) is 38.3 Å². The average molecular weight is 379 g/mol. The van der Waals surface area contributed by atoms with Gasteiger partial charge in [-0.05, 0) is 24.3 Å². The predicted molar refractivity (Wildman–Crippen MR) is 80.7 cm³/mol. The predicted octanol–water partition coefficient (Wildman–Crippen LogP) is 0.860. The highest BCUT2D eigenvalue weighted by Gasteiger charge is 2.20. The molecule has 1 amide bonds. The van der Waals surface area contributed by atoms with Gasteiger partial charge < -0.3 is 10.1 Å². The maximum atomic E-state index is 12.0. The van der Waals surface area contributed by atoms with Gasteiger partial charge in [0.25, 0.3) is 0 Å². The van der Waals surface area contributed by atoms with Crippen LogP contribution in [0.1, 0.15) is 6.92 Å². The van der Waals surface area contributed by atoms with Crippen molar-refractivity contribution >= 4 is 43.5 Å². The summed E-state index contributed by atoms with van der Waals surface area (Å²) in [5, 5.41) is 2.53. The van der Waals surface area contributed by atoms with Crippen molar-refractivity contribution in [3.63, 3.8) is 0 Å². The fourth-order valence-electron chi connectivity index (χ4n) is 1.40. The number of anilines is 1. The molecule has 0 fully saturated rings. The normalized spacial score (nSPS) is 12.5. The lowest BCUT2D eigenvalue weighted by Gasteiger charge is -2.10. The molecule has 0 spiro atoms. The third-order valence-corrected chi connectivity index (χ3v) is 4.53. The van der Waals surface area contributed by atoms with Crippen LogP contribution < -0.4 is 10.0 Å². The molecule has 0 aromatic heterocycles. The summed E-state index contributed by atoms with van der Waals surface area (Å²) in [6, 6.07) is 5.66. The van der Waals surface area contributed by atoms with Gasteiger partial charge in [-0.15, -0.1) is 0 Å². The Bertz CT molecular complexity index is 615. The van der Waals surface area contributed by atoms with Gasteiger partial charge >= 0.3 is 5.97 Å². The van der Waals surface area contributed by atoms with E-state index < -0.39 is 20.8 Å². The highest BCUT2D eigenvalue weighted by atomic mass is 79.9. The highest BCUT2D eigenvalue weighted by molar-refractivity contribution is 9.10. The number of carbonyl (C=O) groups is 2. The van der Waals surface area contributed by atoms with Crippen LogP contribution in [0.3, 0.4) is 0 Å². The molecule has 7 nitrogen and oxygen atoms in total. The highest BCUT2D eigenvalue weighted by Crippen LogP contribution is 2.14. The molecule has 1 aromatic rings. The van der Waals surface area contributed by atoms with Crippen molar-refractivity contribution in [2.24, 2.45) is 0 Å². The number of esters is 1. The number of halogens is 1. The number of amides is 1. The summed E-state index contributed by atoms with van der Waals surface area (Å²) in [5.41, 5.74) is 0.495. The van der Waals surface area contributed by atoms with Crippen molar-refractivity contribution in [2.75, 3.05) is 19.0 Å². The molecule has 0 aliphatic carbocycles. The maximum Gasteiger partial charge on any atom is 0.320 e. The van der Waals surface area contributed by atoms with Crippen LogP contribution in [-0.4, -0.2) is 38.8 Å². The molecule has 0 bridgehead atoms. The molecule has 1 aromatic carbocycles. The number of hydrogen-bond acceptors (Lipinski definition) is 5. The van der Waals surface area contributed by atoms with Crippen LogP contribution in [0.25, 0.3) is 0 Å². The van der Waals surface area contributed by atoms with Crippen molar-refractivity contribution in [1.82, 2.24) is 4.72 Å². The fourth-order valence-corrected chi connectivity index (χ4v) is 3.01. The van der Waals surface area contributed by atoms with Crippen LogP contribution in [0.5, 0.6) is 0 Å². The minimum absolute atomic E-state index is 0.0289. The van der Waals surface area contributed by atoms with Gasteiger partial charge in [0.05, 0.1) is 12.0 Å². The Balaban J connectivity index is 2.74. The molecular weight excluding hydrogens is 364 g/mol. The lowest BCUT2D eigenvalue weighted by molar-refractivity contribution is -0.139. The lowest BCUT2D eigenvalue weighted by atomic mass is 10.3. The zero-order valence-corrected chi connectivity index (χ0v) is 13.8. The smallest absolute Gasteiger partial charge is 0.320 e. The lowest BCUT2D eigenvalue weighted by Crippen LogP contribution is -2.33. The van der Waals surface area contributed by atoms with Crippen LogP contribution >= 0.6 is 15.9 Å². The van der Waals surface area contributed by atoms with E-state index in [1.54, 1.807) is 0 Å². The summed E-state index contributed by atoms with van der Waals surface area (Å²) in [4.78, 5) is 21.3. The van der Waals surface area contributed by atoms with Crippen LogP contribution in [0.2, 0.25) is 0 Å². The summed E-state index contributed by atoms with van der Waals surface area (Å²) in [7, 11) is -2.53. The zero-order chi connectivity index (χ0) is 16.0. The number of hydrogen-bond donors (Lipinski definition) is 2. The van der Waals surface area contributed by atoms with E-state index in [-0.39, 0.29) is 17.3 Å². The van der Waals surface area contributed by atoms with E-state index in [1.807, 2.05) is 0 Å². The van der Waals surface area contributed by atoms with Gasteiger partial charge in [-0.25, -0.2) is 13.1 Å². The molecule has 0 aliphatic rings. The van der Waals surface area contributed by atoms with Gasteiger partial charge in [-0.1, -0.05) is 15.9 Å². The third-order valence-electron chi connectivity index (χ3n) is 2.39. The Kier molecular flexibility index (Phi) is 6.31. The van der Waals surface area contributed by atoms with Gasteiger partial charge in [-0.3, -0.25) is 9.59 Å². The number of carbonyl (C=O) groups excluding carboxylic acids is 2. The first kappa shape index (κ1) is 17.6. The monoisotopic (exact) mass is 378 g/mol. The van der Waals surface area contributed by atoms with Crippen LogP contribution in [-0.2, 0) is 24.3 Å².